The Balaban J connectivity index is 2.39. The molecule has 0 aromatic rings. The average molecular weight is 229 g/mol. The predicted molar refractivity (Wildman–Crippen MR) is 58.1 cm³/mol. The summed E-state index contributed by atoms with van der Waals surface area (Å²) in [5.74, 6) is 0. The molecule has 0 spiro atoms. The monoisotopic (exact) mass is 229 g/mol. The van der Waals surface area contributed by atoms with Gasteiger partial charge < -0.3 is 19.6 Å². The van der Waals surface area contributed by atoms with Gasteiger partial charge in [-0.15, -0.1) is 0 Å². The fraction of sp³-hybridized carbons (Fsp3) is 0.818. The molecule has 1 aliphatic rings. The van der Waals surface area contributed by atoms with Crippen LogP contribution in [0.15, 0.2) is 0 Å². The van der Waals surface area contributed by atoms with Crippen molar-refractivity contribution in [3.8, 4) is 0 Å². The average Bonchev–Trinajstić information content (AvgIpc) is 2.64. The van der Waals surface area contributed by atoms with Gasteiger partial charge in [0.2, 0.25) is 0 Å². The highest BCUT2D eigenvalue weighted by molar-refractivity contribution is 5.73. The number of hydrogen-bond acceptors (Lipinski definition) is 4. The molecule has 0 bridgehead atoms. The van der Waals surface area contributed by atoms with E-state index in [4.69, 9.17) is 9.47 Å². The van der Waals surface area contributed by atoms with Crippen molar-refractivity contribution in [2.75, 3.05) is 13.2 Å². The molecule has 5 heteroatoms. The van der Waals surface area contributed by atoms with Crippen LogP contribution in [0.4, 0.5) is 4.79 Å². The Morgan fingerprint density at radius 3 is 2.69 bits per heavy atom. The van der Waals surface area contributed by atoms with Gasteiger partial charge in [0.1, 0.15) is 12.4 Å². The van der Waals surface area contributed by atoms with Gasteiger partial charge in [0, 0.05) is 6.42 Å². The van der Waals surface area contributed by atoms with Crippen molar-refractivity contribution in [3.05, 3.63) is 0 Å². The summed E-state index contributed by atoms with van der Waals surface area (Å²) < 4.78 is 10.2. The topological polar surface area (TPSA) is 64.6 Å². The Labute approximate surface area is 95.5 Å². The molecule has 1 amide bonds. The highest BCUT2D eigenvalue weighted by Crippen LogP contribution is 2.18. The van der Waals surface area contributed by atoms with Gasteiger partial charge in [-0.25, -0.2) is 4.79 Å². The van der Waals surface area contributed by atoms with E-state index in [9.17, 15) is 9.59 Å². The van der Waals surface area contributed by atoms with E-state index in [0.717, 1.165) is 6.29 Å². The molecule has 1 unspecified atom stereocenters. The fourth-order valence-electron chi connectivity index (χ4n) is 1.37. The highest BCUT2D eigenvalue weighted by Gasteiger charge is 2.28. The van der Waals surface area contributed by atoms with Crippen LogP contribution < -0.4 is 5.32 Å². The molecule has 1 fully saturated rings. The number of carbonyl (C=O) groups is 2. The maximum atomic E-state index is 11.5. The van der Waals surface area contributed by atoms with Gasteiger partial charge in [0.05, 0.1) is 19.3 Å². The Bertz CT molecular complexity index is 253. The zero-order valence-corrected chi connectivity index (χ0v) is 9.99. The van der Waals surface area contributed by atoms with Gasteiger partial charge in [0.15, 0.2) is 0 Å². The van der Waals surface area contributed by atoms with Crippen LogP contribution in [0.1, 0.15) is 27.2 Å². The summed E-state index contributed by atoms with van der Waals surface area (Å²) >= 11 is 0. The molecule has 92 valence electrons. The lowest BCUT2D eigenvalue weighted by molar-refractivity contribution is -0.111. The number of carbonyl (C=O) groups excluding carboxylic acids is 2. The lowest BCUT2D eigenvalue weighted by atomic mass is 9.88. The van der Waals surface area contributed by atoms with E-state index in [-0.39, 0.29) is 11.5 Å². The molecular formula is C11H19NO4. The Hall–Kier alpha value is -1.10. The van der Waals surface area contributed by atoms with E-state index < -0.39 is 12.1 Å². The fourth-order valence-corrected chi connectivity index (χ4v) is 1.37. The number of ether oxygens (including phenoxy) is 2. The minimum Gasteiger partial charge on any atom is -0.444 e. The number of nitrogens with one attached hydrogen (secondary N) is 1. The van der Waals surface area contributed by atoms with Crippen LogP contribution in [-0.2, 0) is 14.3 Å². The van der Waals surface area contributed by atoms with E-state index in [1.54, 1.807) is 0 Å². The van der Waals surface area contributed by atoms with Crippen LogP contribution in [0.3, 0.4) is 0 Å². The largest absolute Gasteiger partial charge is 0.444 e. The highest BCUT2D eigenvalue weighted by atomic mass is 16.6. The Morgan fingerprint density at radius 2 is 2.25 bits per heavy atom. The smallest absolute Gasteiger partial charge is 0.408 e. The minimum atomic E-state index is -0.553. The molecular weight excluding hydrogens is 210 g/mol. The van der Waals surface area contributed by atoms with Crippen molar-refractivity contribution < 1.29 is 19.1 Å². The first-order valence-electron chi connectivity index (χ1n) is 5.43. The van der Waals surface area contributed by atoms with Gasteiger partial charge in [-0.1, -0.05) is 20.8 Å². The van der Waals surface area contributed by atoms with Gasteiger partial charge in [-0.3, -0.25) is 0 Å². The van der Waals surface area contributed by atoms with Crippen molar-refractivity contribution >= 4 is 12.4 Å². The molecule has 0 aromatic carbocycles. The first kappa shape index (κ1) is 13.0. The van der Waals surface area contributed by atoms with Crippen molar-refractivity contribution in [3.63, 3.8) is 0 Å². The number of alkyl carbamates (subject to hydrolysis) is 1. The van der Waals surface area contributed by atoms with E-state index in [1.165, 1.54) is 0 Å². The van der Waals surface area contributed by atoms with Gasteiger partial charge in [-0.2, -0.15) is 0 Å². The summed E-state index contributed by atoms with van der Waals surface area (Å²) in [7, 11) is 0. The molecule has 2 atom stereocenters. The van der Waals surface area contributed by atoms with Gasteiger partial charge in [0.25, 0.3) is 0 Å². The van der Waals surface area contributed by atoms with Gasteiger partial charge in [-0.05, 0) is 5.41 Å². The molecule has 1 heterocycles. The lowest BCUT2D eigenvalue weighted by Crippen LogP contribution is -2.45. The first-order valence-corrected chi connectivity index (χ1v) is 5.43. The second kappa shape index (κ2) is 5.30. The maximum Gasteiger partial charge on any atom is 0.408 e. The quantitative estimate of drug-likeness (QED) is 0.736. The SMILES string of the molecule is CC(C)(C)[C@@H](C=O)NC(=O)OC1CCOC1. The molecule has 1 rings (SSSR count). The summed E-state index contributed by atoms with van der Waals surface area (Å²) in [6.07, 6.45) is 0.705. The lowest BCUT2D eigenvalue weighted by Gasteiger charge is -2.26. The third kappa shape index (κ3) is 3.81. The van der Waals surface area contributed by atoms with E-state index in [1.807, 2.05) is 20.8 Å². The maximum absolute atomic E-state index is 11.5. The summed E-state index contributed by atoms with van der Waals surface area (Å²) in [6, 6.07) is -0.540. The molecule has 0 radical (unpaired) electrons. The van der Waals surface area contributed by atoms with Gasteiger partial charge >= 0.3 is 6.09 Å². The van der Waals surface area contributed by atoms with Crippen LogP contribution in [0.5, 0.6) is 0 Å². The van der Waals surface area contributed by atoms with Crippen molar-refractivity contribution in [1.82, 2.24) is 5.32 Å². The zero-order valence-electron chi connectivity index (χ0n) is 9.99. The van der Waals surface area contributed by atoms with E-state index in [0.29, 0.717) is 19.6 Å². The minimum absolute atomic E-state index is 0.188. The third-order valence-electron chi connectivity index (χ3n) is 2.50. The van der Waals surface area contributed by atoms with Crippen molar-refractivity contribution in [2.45, 2.75) is 39.3 Å². The van der Waals surface area contributed by atoms with Crippen LogP contribution in [0, 0.1) is 5.41 Å². The number of aldehydes is 1. The van der Waals surface area contributed by atoms with E-state index in [2.05, 4.69) is 5.32 Å². The molecule has 5 nitrogen and oxygen atoms in total. The van der Waals surface area contributed by atoms with Crippen LogP contribution >= 0.6 is 0 Å². The van der Waals surface area contributed by atoms with E-state index >= 15 is 0 Å². The molecule has 0 aliphatic carbocycles. The molecule has 1 N–H and O–H groups in total. The summed E-state index contributed by atoms with van der Waals surface area (Å²) in [4.78, 5) is 22.3. The second-order valence-corrected chi connectivity index (χ2v) is 5.02. The second-order valence-electron chi connectivity index (χ2n) is 5.02. The standard InChI is InChI=1S/C11H19NO4/c1-11(2,3)9(6-13)12-10(14)16-8-4-5-15-7-8/h6,8-9H,4-5,7H2,1-3H3,(H,12,14)/t8?,9-/m1/s1. The molecule has 16 heavy (non-hydrogen) atoms. The number of hydrogen-bond donors (Lipinski definition) is 1. The van der Waals surface area contributed by atoms with Crippen LogP contribution in [0.2, 0.25) is 0 Å². The zero-order chi connectivity index (χ0) is 12.2. The molecule has 1 aliphatic heterocycles. The third-order valence-corrected chi connectivity index (χ3v) is 2.50. The number of rotatable bonds is 3. The van der Waals surface area contributed by atoms with Crippen LogP contribution in [-0.4, -0.2) is 37.7 Å². The predicted octanol–water partition coefficient (Wildman–Crippen LogP) is 1.12. The Morgan fingerprint density at radius 1 is 1.56 bits per heavy atom. The van der Waals surface area contributed by atoms with Crippen molar-refractivity contribution in [1.29, 1.82) is 0 Å². The summed E-state index contributed by atoms with van der Waals surface area (Å²) in [5.41, 5.74) is -0.313. The molecule has 0 aromatic heterocycles. The molecule has 1 saturated heterocycles. The first-order chi connectivity index (χ1) is 7.43. The van der Waals surface area contributed by atoms with Crippen molar-refractivity contribution in [2.24, 2.45) is 5.41 Å². The summed E-state index contributed by atoms with van der Waals surface area (Å²) in [6.45, 7) is 6.70. The molecule has 0 saturated carbocycles. The normalized spacial score (nSPS) is 22.6. The summed E-state index contributed by atoms with van der Waals surface area (Å²) in [5, 5.41) is 2.55. The Kier molecular flexibility index (Phi) is 4.29. The van der Waals surface area contributed by atoms with Crippen LogP contribution in [0.25, 0.3) is 0 Å². The number of amides is 1.